The Labute approximate surface area is 114 Å². The van der Waals surface area contributed by atoms with Crippen LogP contribution in [0.15, 0.2) is 35.7 Å². The molecule has 2 rings (SSSR count). The molecule has 1 heterocycles. The van der Waals surface area contributed by atoms with Crippen molar-refractivity contribution in [2.45, 2.75) is 39.2 Å². The van der Waals surface area contributed by atoms with Gasteiger partial charge in [0.2, 0.25) is 0 Å². The van der Waals surface area contributed by atoms with Gasteiger partial charge >= 0.3 is 0 Å². The summed E-state index contributed by atoms with van der Waals surface area (Å²) < 4.78 is 0. The first-order valence-corrected chi connectivity index (χ1v) is 7.40. The molecule has 0 bridgehead atoms. The molecule has 0 spiro atoms. The molecule has 0 radical (unpaired) electrons. The summed E-state index contributed by atoms with van der Waals surface area (Å²) in [6, 6.07) is 11.0. The number of benzene rings is 1. The zero-order valence-corrected chi connectivity index (χ0v) is 12.0. The van der Waals surface area contributed by atoms with E-state index in [0.717, 1.165) is 19.3 Å². The Bertz CT molecular complexity index is 488. The van der Waals surface area contributed by atoms with Gasteiger partial charge in [-0.05, 0) is 61.2 Å². The smallest absolute Gasteiger partial charge is 0.0295 e. The Morgan fingerprint density at radius 2 is 2.00 bits per heavy atom. The van der Waals surface area contributed by atoms with Gasteiger partial charge in [-0.25, -0.2) is 0 Å². The summed E-state index contributed by atoms with van der Waals surface area (Å²) in [5, 5.41) is 2.14. The van der Waals surface area contributed by atoms with E-state index >= 15 is 0 Å². The zero-order valence-electron chi connectivity index (χ0n) is 11.1. The molecule has 1 aromatic carbocycles. The van der Waals surface area contributed by atoms with Crippen molar-refractivity contribution in [1.29, 1.82) is 0 Å². The SMILES string of the molecule is Cc1ccc(C(N)CCCc2cccs2)cc1C. The monoisotopic (exact) mass is 259 g/mol. The van der Waals surface area contributed by atoms with E-state index in [1.807, 2.05) is 11.3 Å². The van der Waals surface area contributed by atoms with Crippen LogP contribution >= 0.6 is 11.3 Å². The maximum Gasteiger partial charge on any atom is 0.0295 e. The Morgan fingerprint density at radius 3 is 2.67 bits per heavy atom. The highest BCUT2D eigenvalue weighted by Gasteiger charge is 2.07. The van der Waals surface area contributed by atoms with Gasteiger partial charge in [-0.2, -0.15) is 0 Å². The van der Waals surface area contributed by atoms with Gasteiger partial charge in [0.05, 0.1) is 0 Å². The summed E-state index contributed by atoms with van der Waals surface area (Å²) in [6.45, 7) is 4.29. The molecule has 0 aliphatic heterocycles. The lowest BCUT2D eigenvalue weighted by Crippen LogP contribution is -2.10. The first-order valence-electron chi connectivity index (χ1n) is 6.52. The second kappa shape index (κ2) is 6.17. The maximum atomic E-state index is 6.26. The van der Waals surface area contributed by atoms with Gasteiger partial charge in [0, 0.05) is 10.9 Å². The van der Waals surface area contributed by atoms with Crippen LogP contribution in [0.1, 0.15) is 40.5 Å². The van der Waals surface area contributed by atoms with Gasteiger partial charge in [0.25, 0.3) is 0 Å². The van der Waals surface area contributed by atoms with Crippen LogP contribution in [0.25, 0.3) is 0 Å². The number of aryl methyl sites for hydroxylation is 3. The van der Waals surface area contributed by atoms with E-state index in [1.165, 1.54) is 21.6 Å². The summed E-state index contributed by atoms with van der Waals surface area (Å²) in [5.41, 5.74) is 10.2. The predicted molar refractivity (Wildman–Crippen MR) is 80.1 cm³/mol. The lowest BCUT2D eigenvalue weighted by molar-refractivity contribution is 0.613. The molecule has 1 aromatic heterocycles. The van der Waals surface area contributed by atoms with E-state index in [0.29, 0.717) is 0 Å². The number of rotatable bonds is 5. The average Bonchev–Trinajstić information content (AvgIpc) is 2.85. The maximum absolute atomic E-state index is 6.26. The van der Waals surface area contributed by atoms with Crippen LogP contribution in [0.5, 0.6) is 0 Å². The van der Waals surface area contributed by atoms with Gasteiger partial charge in [0.1, 0.15) is 0 Å². The minimum Gasteiger partial charge on any atom is -0.324 e. The Morgan fingerprint density at radius 1 is 1.17 bits per heavy atom. The normalized spacial score (nSPS) is 12.6. The highest BCUT2D eigenvalue weighted by molar-refractivity contribution is 7.09. The van der Waals surface area contributed by atoms with E-state index in [1.54, 1.807) is 0 Å². The largest absolute Gasteiger partial charge is 0.324 e. The van der Waals surface area contributed by atoms with Crippen molar-refractivity contribution in [1.82, 2.24) is 0 Å². The van der Waals surface area contributed by atoms with E-state index in [2.05, 4.69) is 49.6 Å². The lowest BCUT2D eigenvalue weighted by Gasteiger charge is -2.13. The van der Waals surface area contributed by atoms with Gasteiger partial charge in [-0.3, -0.25) is 0 Å². The van der Waals surface area contributed by atoms with Crippen LogP contribution in [0.2, 0.25) is 0 Å². The lowest BCUT2D eigenvalue weighted by atomic mass is 9.98. The quantitative estimate of drug-likeness (QED) is 0.847. The highest BCUT2D eigenvalue weighted by Crippen LogP contribution is 2.21. The molecule has 1 unspecified atom stereocenters. The topological polar surface area (TPSA) is 26.0 Å². The van der Waals surface area contributed by atoms with Gasteiger partial charge in [-0.15, -0.1) is 11.3 Å². The molecule has 0 aliphatic carbocycles. The first kappa shape index (κ1) is 13.3. The van der Waals surface area contributed by atoms with Crippen LogP contribution in [-0.2, 0) is 6.42 Å². The molecule has 0 saturated heterocycles. The van der Waals surface area contributed by atoms with E-state index < -0.39 is 0 Å². The first-order chi connectivity index (χ1) is 8.66. The molecule has 2 aromatic rings. The average molecular weight is 259 g/mol. The van der Waals surface area contributed by atoms with Crippen LogP contribution in [0.3, 0.4) is 0 Å². The number of nitrogens with two attached hydrogens (primary N) is 1. The minimum absolute atomic E-state index is 0.171. The zero-order chi connectivity index (χ0) is 13.0. The molecule has 0 fully saturated rings. The molecule has 2 heteroatoms. The molecule has 2 N–H and O–H groups in total. The molecule has 96 valence electrons. The molecular formula is C16H21NS. The Kier molecular flexibility index (Phi) is 4.56. The van der Waals surface area contributed by atoms with Crippen LogP contribution in [0.4, 0.5) is 0 Å². The summed E-state index contributed by atoms with van der Waals surface area (Å²) in [7, 11) is 0. The van der Waals surface area contributed by atoms with E-state index in [4.69, 9.17) is 5.73 Å². The Balaban J connectivity index is 1.87. The highest BCUT2D eigenvalue weighted by atomic mass is 32.1. The molecule has 1 nitrogen and oxygen atoms in total. The fourth-order valence-corrected chi connectivity index (χ4v) is 2.86. The second-order valence-electron chi connectivity index (χ2n) is 4.92. The standard InChI is InChI=1S/C16H21NS/c1-12-8-9-14(11-13(12)2)16(17)7-3-5-15-6-4-10-18-15/h4,6,8-11,16H,3,5,7,17H2,1-2H3. The van der Waals surface area contributed by atoms with Crippen molar-refractivity contribution >= 4 is 11.3 Å². The molecule has 0 saturated carbocycles. The summed E-state index contributed by atoms with van der Waals surface area (Å²) in [6.07, 6.45) is 3.37. The third-order valence-electron chi connectivity index (χ3n) is 3.48. The number of hydrogen-bond donors (Lipinski definition) is 1. The van der Waals surface area contributed by atoms with Crippen LogP contribution in [0, 0.1) is 13.8 Å². The predicted octanol–water partition coefficient (Wildman–Crippen LogP) is 4.39. The molecule has 1 atom stereocenters. The van der Waals surface area contributed by atoms with E-state index in [9.17, 15) is 0 Å². The second-order valence-corrected chi connectivity index (χ2v) is 5.95. The van der Waals surface area contributed by atoms with Gasteiger partial charge in [0.15, 0.2) is 0 Å². The molecule has 0 aliphatic rings. The van der Waals surface area contributed by atoms with Crippen LogP contribution in [-0.4, -0.2) is 0 Å². The fourth-order valence-electron chi connectivity index (χ4n) is 2.11. The third-order valence-corrected chi connectivity index (χ3v) is 4.41. The van der Waals surface area contributed by atoms with Crippen molar-refractivity contribution in [3.8, 4) is 0 Å². The van der Waals surface area contributed by atoms with Crippen LogP contribution < -0.4 is 5.73 Å². The van der Waals surface area contributed by atoms with Gasteiger partial charge < -0.3 is 5.73 Å². The molecule has 0 amide bonds. The van der Waals surface area contributed by atoms with Crippen molar-refractivity contribution in [2.24, 2.45) is 5.73 Å². The van der Waals surface area contributed by atoms with Crippen molar-refractivity contribution in [3.05, 3.63) is 57.3 Å². The van der Waals surface area contributed by atoms with Crippen molar-refractivity contribution < 1.29 is 0 Å². The molecule has 18 heavy (non-hydrogen) atoms. The summed E-state index contributed by atoms with van der Waals surface area (Å²) in [4.78, 5) is 1.46. The fraction of sp³-hybridized carbons (Fsp3) is 0.375. The summed E-state index contributed by atoms with van der Waals surface area (Å²) >= 11 is 1.83. The van der Waals surface area contributed by atoms with E-state index in [-0.39, 0.29) is 6.04 Å². The Hall–Kier alpha value is -1.12. The molecular weight excluding hydrogens is 238 g/mol. The van der Waals surface area contributed by atoms with Crippen molar-refractivity contribution in [2.75, 3.05) is 0 Å². The number of thiophene rings is 1. The summed E-state index contributed by atoms with van der Waals surface area (Å²) in [5.74, 6) is 0. The third kappa shape index (κ3) is 3.44. The minimum atomic E-state index is 0.171. The van der Waals surface area contributed by atoms with Crippen molar-refractivity contribution in [3.63, 3.8) is 0 Å². The van der Waals surface area contributed by atoms with Gasteiger partial charge in [-0.1, -0.05) is 24.3 Å². The number of hydrogen-bond acceptors (Lipinski definition) is 2.